The molecule has 0 radical (unpaired) electrons. The monoisotopic (exact) mass is 287 g/mol. The number of benzene rings is 1. The summed E-state index contributed by atoms with van der Waals surface area (Å²) in [5.41, 5.74) is 7.82. The number of rotatable bonds is 5. The third-order valence-corrected chi connectivity index (χ3v) is 3.34. The maximum absolute atomic E-state index is 5.90. The Bertz CT molecular complexity index is 642. The Kier molecular flexibility index (Phi) is 4.62. The van der Waals surface area contributed by atoms with Crippen molar-refractivity contribution in [3.8, 4) is 17.4 Å². The first-order valence-electron chi connectivity index (χ1n) is 7.06. The van der Waals surface area contributed by atoms with E-state index in [1.165, 1.54) is 5.56 Å². The van der Waals surface area contributed by atoms with Gasteiger partial charge in [-0.2, -0.15) is 4.98 Å². The van der Waals surface area contributed by atoms with Crippen LogP contribution >= 0.6 is 0 Å². The van der Waals surface area contributed by atoms with Crippen LogP contribution in [0.15, 0.2) is 18.2 Å². The first kappa shape index (κ1) is 15.1. The predicted molar refractivity (Wildman–Crippen MR) is 83.0 cm³/mol. The van der Waals surface area contributed by atoms with Gasteiger partial charge in [-0.15, -0.1) is 0 Å². The van der Waals surface area contributed by atoms with Gasteiger partial charge in [-0.1, -0.05) is 19.9 Å². The van der Waals surface area contributed by atoms with Gasteiger partial charge in [0.15, 0.2) is 11.5 Å². The van der Waals surface area contributed by atoms with Gasteiger partial charge in [0.25, 0.3) is 0 Å². The summed E-state index contributed by atoms with van der Waals surface area (Å²) in [7, 11) is 1.63. The highest BCUT2D eigenvalue weighted by atomic mass is 16.5. The fourth-order valence-corrected chi connectivity index (χ4v) is 1.94. The summed E-state index contributed by atoms with van der Waals surface area (Å²) >= 11 is 0. The molecule has 21 heavy (non-hydrogen) atoms. The SMILES string of the molecule is CCc1ccc(Oc2nc(CC)nc(N)c2C)c(OC)c1. The summed E-state index contributed by atoms with van der Waals surface area (Å²) in [6, 6.07) is 5.87. The number of nitrogens with zero attached hydrogens (tertiary/aromatic N) is 2. The Hall–Kier alpha value is -2.30. The second kappa shape index (κ2) is 6.43. The van der Waals surface area contributed by atoms with Crippen molar-refractivity contribution in [2.24, 2.45) is 0 Å². The number of aryl methyl sites for hydroxylation is 2. The van der Waals surface area contributed by atoms with Gasteiger partial charge in [0.1, 0.15) is 11.6 Å². The molecule has 0 spiro atoms. The highest BCUT2D eigenvalue weighted by molar-refractivity contribution is 5.49. The normalized spacial score (nSPS) is 10.5. The molecule has 0 aliphatic rings. The maximum Gasteiger partial charge on any atom is 0.227 e. The largest absolute Gasteiger partial charge is 0.493 e. The summed E-state index contributed by atoms with van der Waals surface area (Å²) in [5.74, 6) is 2.89. The van der Waals surface area contributed by atoms with Crippen molar-refractivity contribution >= 4 is 5.82 Å². The molecule has 0 amide bonds. The zero-order valence-corrected chi connectivity index (χ0v) is 12.9. The van der Waals surface area contributed by atoms with E-state index >= 15 is 0 Å². The smallest absolute Gasteiger partial charge is 0.227 e. The first-order chi connectivity index (χ1) is 10.1. The van der Waals surface area contributed by atoms with Crippen molar-refractivity contribution in [3.63, 3.8) is 0 Å². The molecule has 1 aromatic heterocycles. The Balaban J connectivity index is 2.40. The van der Waals surface area contributed by atoms with Crippen molar-refractivity contribution in [2.75, 3.05) is 12.8 Å². The van der Waals surface area contributed by atoms with Crippen LogP contribution in [0.2, 0.25) is 0 Å². The van der Waals surface area contributed by atoms with Gasteiger partial charge in [0.05, 0.1) is 12.7 Å². The third-order valence-electron chi connectivity index (χ3n) is 3.34. The predicted octanol–water partition coefficient (Wildman–Crippen LogP) is 3.29. The average molecular weight is 287 g/mol. The van der Waals surface area contributed by atoms with Crippen molar-refractivity contribution in [1.82, 2.24) is 9.97 Å². The summed E-state index contributed by atoms with van der Waals surface area (Å²) in [6.07, 6.45) is 1.64. The fraction of sp³-hybridized carbons (Fsp3) is 0.375. The van der Waals surface area contributed by atoms with Crippen LogP contribution in [0.3, 0.4) is 0 Å². The zero-order valence-electron chi connectivity index (χ0n) is 12.9. The minimum absolute atomic E-state index is 0.445. The molecular formula is C16H21N3O2. The molecule has 0 saturated carbocycles. The van der Waals surface area contributed by atoms with Crippen LogP contribution in [0.5, 0.6) is 17.4 Å². The lowest BCUT2D eigenvalue weighted by Gasteiger charge is -2.13. The van der Waals surface area contributed by atoms with E-state index in [1.54, 1.807) is 7.11 Å². The van der Waals surface area contributed by atoms with Crippen LogP contribution in [0.1, 0.15) is 30.8 Å². The lowest BCUT2D eigenvalue weighted by molar-refractivity contribution is 0.372. The van der Waals surface area contributed by atoms with E-state index in [1.807, 2.05) is 32.0 Å². The molecular weight excluding hydrogens is 266 g/mol. The number of aromatic nitrogens is 2. The number of anilines is 1. The lowest BCUT2D eigenvalue weighted by atomic mass is 10.1. The van der Waals surface area contributed by atoms with E-state index in [0.29, 0.717) is 35.4 Å². The quantitative estimate of drug-likeness (QED) is 0.913. The minimum atomic E-state index is 0.445. The molecule has 1 heterocycles. The molecule has 0 atom stereocenters. The Labute approximate surface area is 125 Å². The second-order valence-electron chi connectivity index (χ2n) is 4.75. The van der Waals surface area contributed by atoms with Crippen molar-refractivity contribution in [3.05, 3.63) is 35.2 Å². The standard InChI is InChI=1S/C16H21N3O2/c1-5-11-7-8-12(13(9-11)20-4)21-16-10(3)15(17)18-14(6-2)19-16/h7-9H,5-6H2,1-4H3,(H2,17,18,19). The number of hydrogen-bond acceptors (Lipinski definition) is 5. The molecule has 0 aliphatic carbocycles. The number of hydrogen-bond donors (Lipinski definition) is 1. The zero-order chi connectivity index (χ0) is 15.4. The summed E-state index contributed by atoms with van der Waals surface area (Å²) in [5, 5.41) is 0. The molecule has 1 aromatic carbocycles. The first-order valence-corrected chi connectivity index (χ1v) is 7.06. The number of ether oxygens (including phenoxy) is 2. The van der Waals surface area contributed by atoms with E-state index in [9.17, 15) is 0 Å². The van der Waals surface area contributed by atoms with Crippen LogP contribution < -0.4 is 15.2 Å². The molecule has 112 valence electrons. The number of methoxy groups -OCH3 is 1. The van der Waals surface area contributed by atoms with Crippen LogP contribution in [-0.4, -0.2) is 17.1 Å². The Morgan fingerprint density at radius 2 is 1.86 bits per heavy atom. The number of nitrogens with two attached hydrogens (primary N) is 1. The van der Waals surface area contributed by atoms with Gasteiger partial charge in [0, 0.05) is 6.42 Å². The van der Waals surface area contributed by atoms with Crippen molar-refractivity contribution in [1.29, 1.82) is 0 Å². The topological polar surface area (TPSA) is 70.3 Å². The summed E-state index contributed by atoms with van der Waals surface area (Å²) < 4.78 is 11.3. The molecule has 2 aromatic rings. The van der Waals surface area contributed by atoms with E-state index < -0.39 is 0 Å². The van der Waals surface area contributed by atoms with E-state index in [0.717, 1.165) is 12.0 Å². The van der Waals surface area contributed by atoms with E-state index in [2.05, 4.69) is 16.9 Å². The molecule has 0 saturated heterocycles. The highest BCUT2D eigenvalue weighted by Crippen LogP contribution is 2.33. The highest BCUT2D eigenvalue weighted by Gasteiger charge is 2.13. The maximum atomic E-state index is 5.90. The molecule has 5 nitrogen and oxygen atoms in total. The molecule has 5 heteroatoms. The third kappa shape index (κ3) is 3.24. The lowest BCUT2D eigenvalue weighted by Crippen LogP contribution is -2.04. The molecule has 0 bridgehead atoms. The summed E-state index contributed by atoms with van der Waals surface area (Å²) in [4.78, 5) is 8.61. The van der Waals surface area contributed by atoms with Gasteiger partial charge in [-0.25, -0.2) is 4.98 Å². The molecule has 0 fully saturated rings. The fourth-order valence-electron chi connectivity index (χ4n) is 1.94. The molecule has 2 N–H and O–H groups in total. The van der Waals surface area contributed by atoms with Crippen LogP contribution in [0, 0.1) is 6.92 Å². The Morgan fingerprint density at radius 1 is 1.10 bits per heavy atom. The average Bonchev–Trinajstić information content (AvgIpc) is 2.51. The van der Waals surface area contributed by atoms with E-state index in [-0.39, 0.29) is 0 Å². The Morgan fingerprint density at radius 3 is 2.48 bits per heavy atom. The van der Waals surface area contributed by atoms with Gasteiger partial charge in [-0.05, 0) is 31.0 Å². The van der Waals surface area contributed by atoms with Crippen molar-refractivity contribution < 1.29 is 9.47 Å². The van der Waals surface area contributed by atoms with E-state index in [4.69, 9.17) is 15.2 Å². The molecule has 2 rings (SSSR count). The minimum Gasteiger partial charge on any atom is -0.493 e. The number of nitrogen functional groups attached to an aromatic ring is 1. The van der Waals surface area contributed by atoms with Gasteiger partial charge in [0.2, 0.25) is 5.88 Å². The van der Waals surface area contributed by atoms with Crippen molar-refractivity contribution in [2.45, 2.75) is 33.6 Å². The van der Waals surface area contributed by atoms with Gasteiger partial charge >= 0.3 is 0 Å². The van der Waals surface area contributed by atoms with Crippen LogP contribution in [0.25, 0.3) is 0 Å². The second-order valence-corrected chi connectivity index (χ2v) is 4.75. The van der Waals surface area contributed by atoms with Gasteiger partial charge < -0.3 is 15.2 Å². The molecule has 0 aliphatic heterocycles. The molecule has 0 unspecified atom stereocenters. The summed E-state index contributed by atoms with van der Waals surface area (Å²) in [6.45, 7) is 5.92. The van der Waals surface area contributed by atoms with Crippen LogP contribution in [-0.2, 0) is 12.8 Å². The van der Waals surface area contributed by atoms with Crippen LogP contribution in [0.4, 0.5) is 5.82 Å². The van der Waals surface area contributed by atoms with Gasteiger partial charge in [-0.3, -0.25) is 0 Å².